The van der Waals surface area contributed by atoms with E-state index in [-0.39, 0.29) is 11.8 Å². The monoisotopic (exact) mass is 288 g/mol. The molecule has 114 valence electrons. The van der Waals surface area contributed by atoms with E-state index in [4.69, 9.17) is 0 Å². The van der Waals surface area contributed by atoms with Crippen LogP contribution < -0.4 is 10.2 Å². The Morgan fingerprint density at radius 1 is 1.14 bits per heavy atom. The van der Waals surface area contributed by atoms with E-state index in [1.807, 2.05) is 0 Å². The Kier molecular flexibility index (Phi) is 4.68. The molecule has 1 aliphatic heterocycles. The van der Waals surface area contributed by atoms with Crippen molar-refractivity contribution in [1.29, 1.82) is 0 Å². The highest BCUT2D eigenvalue weighted by molar-refractivity contribution is 5.79. The average molecular weight is 288 g/mol. The fraction of sp³-hybridized carbons (Fsp3) is 0.688. The Hall–Kier alpha value is -1.65. The molecule has 1 saturated carbocycles. The molecule has 0 radical (unpaired) electrons. The zero-order valence-corrected chi connectivity index (χ0v) is 12.5. The van der Waals surface area contributed by atoms with Crippen molar-refractivity contribution in [3.05, 3.63) is 18.6 Å². The maximum atomic E-state index is 12.5. The van der Waals surface area contributed by atoms with Crippen molar-refractivity contribution in [3.63, 3.8) is 0 Å². The predicted octanol–water partition coefficient (Wildman–Crippen LogP) is 2.14. The second-order valence-electron chi connectivity index (χ2n) is 6.19. The quantitative estimate of drug-likeness (QED) is 0.926. The Balaban J connectivity index is 1.56. The highest BCUT2D eigenvalue weighted by atomic mass is 16.2. The molecule has 2 heterocycles. The highest BCUT2D eigenvalue weighted by Gasteiger charge is 2.28. The third-order valence-corrected chi connectivity index (χ3v) is 4.62. The molecule has 1 aromatic heterocycles. The second-order valence-corrected chi connectivity index (χ2v) is 6.19. The standard InChI is InChI=1S/C16H24N4O/c21-16(19-14-6-2-1-3-7-14)13-5-4-10-20(12-13)15-11-17-8-9-18-15/h8-9,11,13-14H,1-7,10,12H2,(H,19,21)/t13-/m0/s1. The van der Waals surface area contributed by atoms with Crippen LogP contribution in [0.15, 0.2) is 18.6 Å². The topological polar surface area (TPSA) is 58.1 Å². The van der Waals surface area contributed by atoms with Crippen molar-refractivity contribution >= 4 is 11.7 Å². The zero-order chi connectivity index (χ0) is 14.5. The van der Waals surface area contributed by atoms with Gasteiger partial charge in [0.15, 0.2) is 0 Å². The zero-order valence-electron chi connectivity index (χ0n) is 12.5. The Morgan fingerprint density at radius 3 is 2.76 bits per heavy atom. The van der Waals surface area contributed by atoms with E-state index < -0.39 is 0 Å². The maximum Gasteiger partial charge on any atom is 0.225 e. The fourth-order valence-corrected chi connectivity index (χ4v) is 3.42. The first-order chi connectivity index (χ1) is 10.3. The second kappa shape index (κ2) is 6.87. The number of piperidine rings is 1. The van der Waals surface area contributed by atoms with Gasteiger partial charge in [0.25, 0.3) is 0 Å². The van der Waals surface area contributed by atoms with Crippen LogP contribution in [0.1, 0.15) is 44.9 Å². The smallest absolute Gasteiger partial charge is 0.225 e. The molecular formula is C16H24N4O. The molecule has 0 bridgehead atoms. The molecule has 2 aliphatic rings. The Labute approximate surface area is 126 Å². The van der Waals surface area contributed by atoms with Crippen LogP contribution in [0.4, 0.5) is 5.82 Å². The lowest BCUT2D eigenvalue weighted by atomic mass is 9.93. The molecule has 5 nitrogen and oxygen atoms in total. The summed E-state index contributed by atoms with van der Waals surface area (Å²) in [7, 11) is 0. The normalized spacial score (nSPS) is 23.8. The van der Waals surface area contributed by atoms with Gasteiger partial charge in [-0.15, -0.1) is 0 Å². The minimum absolute atomic E-state index is 0.0858. The number of carbonyl (C=O) groups excluding carboxylic acids is 1. The number of nitrogens with one attached hydrogen (secondary N) is 1. The predicted molar refractivity (Wildman–Crippen MR) is 82.0 cm³/mol. The van der Waals surface area contributed by atoms with Crippen LogP contribution in [-0.2, 0) is 4.79 Å². The third kappa shape index (κ3) is 3.71. The molecule has 1 N–H and O–H groups in total. The van der Waals surface area contributed by atoms with Gasteiger partial charge in [-0.05, 0) is 25.7 Å². The molecule has 5 heteroatoms. The lowest BCUT2D eigenvalue weighted by molar-refractivity contribution is -0.126. The van der Waals surface area contributed by atoms with Crippen molar-refractivity contribution in [2.45, 2.75) is 51.0 Å². The molecule has 3 rings (SSSR count). The van der Waals surface area contributed by atoms with Gasteiger partial charge in [0.2, 0.25) is 5.91 Å². The maximum absolute atomic E-state index is 12.5. The fourth-order valence-electron chi connectivity index (χ4n) is 3.42. The minimum atomic E-state index is 0.0858. The van der Waals surface area contributed by atoms with E-state index in [2.05, 4.69) is 20.2 Å². The summed E-state index contributed by atoms with van der Waals surface area (Å²) in [4.78, 5) is 23.1. The number of aromatic nitrogens is 2. The van der Waals surface area contributed by atoms with Crippen LogP contribution in [0, 0.1) is 5.92 Å². The summed E-state index contributed by atoms with van der Waals surface area (Å²) in [5.74, 6) is 1.20. The lowest BCUT2D eigenvalue weighted by Gasteiger charge is -2.34. The number of hydrogen-bond donors (Lipinski definition) is 1. The summed E-state index contributed by atoms with van der Waals surface area (Å²) >= 11 is 0. The van der Waals surface area contributed by atoms with Gasteiger partial charge in [0, 0.05) is 31.5 Å². The lowest BCUT2D eigenvalue weighted by Crippen LogP contribution is -2.46. The van der Waals surface area contributed by atoms with Gasteiger partial charge in [0.05, 0.1) is 12.1 Å². The van der Waals surface area contributed by atoms with Gasteiger partial charge in [-0.2, -0.15) is 0 Å². The first-order valence-electron chi connectivity index (χ1n) is 8.14. The molecule has 2 fully saturated rings. The van der Waals surface area contributed by atoms with Crippen molar-refractivity contribution in [2.24, 2.45) is 5.92 Å². The summed E-state index contributed by atoms with van der Waals surface area (Å²) < 4.78 is 0. The number of amides is 1. The molecule has 1 atom stereocenters. The van der Waals surface area contributed by atoms with Gasteiger partial charge < -0.3 is 10.2 Å². The van der Waals surface area contributed by atoms with Gasteiger partial charge in [-0.3, -0.25) is 9.78 Å². The molecule has 0 aromatic carbocycles. The van der Waals surface area contributed by atoms with Gasteiger partial charge in [0.1, 0.15) is 5.82 Å². The molecule has 21 heavy (non-hydrogen) atoms. The molecule has 0 spiro atoms. The van der Waals surface area contributed by atoms with Crippen LogP contribution in [0.2, 0.25) is 0 Å². The molecule has 1 amide bonds. The van der Waals surface area contributed by atoms with E-state index in [9.17, 15) is 4.79 Å². The van der Waals surface area contributed by atoms with E-state index in [1.165, 1.54) is 19.3 Å². The highest BCUT2D eigenvalue weighted by Crippen LogP contribution is 2.22. The van der Waals surface area contributed by atoms with Crippen molar-refractivity contribution in [1.82, 2.24) is 15.3 Å². The first-order valence-corrected chi connectivity index (χ1v) is 8.14. The number of rotatable bonds is 3. The Bertz CT molecular complexity index is 459. The number of carbonyl (C=O) groups is 1. The number of nitrogens with zero attached hydrogens (tertiary/aromatic N) is 3. The van der Waals surface area contributed by atoms with Crippen LogP contribution in [0.5, 0.6) is 0 Å². The van der Waals surface area contributed by atoms with E-state index in [0.717, 1.165) is 44.6 Å². The molecule has 0 unspecified atom stereocenters. The molecule has 1 saturated heterocycles. The molecule has 1 aromatic rings. The third-order valence-electron chi connectivity index (χ3n) is 4.62. The van der Waals surface area contributed by atoms with Crippen LogP contribution >= 0.6 is 0 Å². The summed E-state index contributed by atoms with van der Waals surface area (Å²) in [5.41, 5.74) is 0. The van der Waals surface area contributed by atoms with Crippen LogP contribution in [0.25, 0.3) is 0 Å². The van der Waals surface area contributed by atoms with Crippen molar-refractivity contribution < 1.29 is 4.79 Å². The summed E-state index contributed by atoms with van der Waals surface area (Å²) in [6, 6.07) is 0.401. The molecule has 1 aliphatic carbocycles. The van der Waals surface area contributed by atoms with Crippen LogP contribution in [0.3, 0.4) is 0 Å². The largest absolute Gasteiger partial charge is 0.355 e. The summed E-state index contributed by atoms with van der Waals surface area (Å²) in [5, 5.41) is 3.26. The average Bonchev–Trinajstić information content (AvgIpc) is 2.57. The van der Waals surface area contributed by atoms with Gasteiger partial charge in [-0.25, -0.2) is 4.98 Å². The van der Waals surface area contributed by atoms with Gasteiger partial charge in [-0.1, -0.05) is 19.3 Å². The summed E-state index contributed by atoms with van der Waals surface area (Å²) in [6.07, 6.45) is 13.3. The minimum Gasteiger partial charge on any atom is -0.355 e. The van der Waals surface area contributed by atoms with Gasteiger partial charge >= 0.3 is 0 Å². The summed E-state index contributed by atoms with van der Waals surface area (Å²) in [6.45, 7) is 1.73. The van der Waals surface area contributed by atoms with Crippen molar-refractivity contribution in [3.8, 4) is 0 Å². The Morgan fingerprint density at radius 2 is 2.00 bits per heavy atom. The first kappa shape index (κ1) is 14.3. The van der Waals surface area contributed by atoms with E-state index >= 15 is 0 Å². The van der Waals surface area contributed by atoms with Crippen LogP contribution in [-0.4, -0.2) is 35.0 Å². The SMILES string of the molecule is O=C(NC1CCCCC1)[C@H]1CCCN(c2cnccn2)C1. The molecular weight excluding hydrogens is 264 g/mol. The van der Waals surface area contributed by atoms with Crippen molar-refractivity contribution in [2.75, 3.05) is 18.0 Å². The number of hydrogen-bond acceptors (Lipinski definition) is 4. The van der Waals surface area contributed by atoms with E-state index in [0.29, 0.717) is 6.04 Å². The van der Waals surface area contributed by atoms with E-state index in [1.54, 1.807) is 18.6 Å². The number of anilines is 1.